The van der Waals surface area contributed by atoms with Gasteiger partial charge in [0.15, 0.2) is 0 Å². The van der Waals surface area contributed by atoms with Crippen LogP contribution in [0.5, 0.6) is 0 Å². The van der Waals surface area contributed by atoms with Gasteiger partial charge < -0.3 is 0 Å². The minimum Gasteiger partial charge on any atom is -0.207 e. The summed E-state index contributed by atoms with van der Waals surface area (Å²) in [6.45, 7) is 1.93. The molecule has 3 rings (SSSR count). The number of hydrogen-bond acceptors (Lipinski definition) is 2. The molecule has 0 bridgehead atoms. The Kier molecular flexibility index (Phi) is 7.46. The molecule has 0 aliphatic carbocycles. The van der Waals surface area contributed by atoms with Gasteiger partial charge in [-0.3, -0.25) is 0 Å². The van der Waals surface area contributed by atoms with E-state index in [0.717, 1.165) is 25.6 Å². The molecule has 3 aromatic rings. The molecule has 6 heteroatoms. The summed E-state index contributed by atoms with van der Waals surface area (Å²) in [5.74, 6) is 0. The van der Waals surface area contributed by atoms with E-state index in [9.17, 15) is 8.42 Å². The van der Waals surface area contributed by atoms with Gasteiger partial charge in [-0.15, -0.1) is 0 Å². The molecule has 3 aromatic carbocycles. The molecule has 1 atom stereocenters. The molecule has 0 fully saturated rings. The zero-order valence-corrected chi connectivity index (χ0v) is 19.8. The van der Waals surface area contributed by atoms with Crippen LogP contribution in [0, 0.1) is 6.92 Å². The van der Waals surface area contributed by atoms with Gasteiger partial charge in [0.05, 0.1) is 10.9 Å². The van der Waals surface area contributed by atoms with Crippen molar-refractivity contribution >= 4 is 41.9 Å². The first-order valence-corrected chi connectivity index (χ1v) is 12.2. The van der Waals surface area contributed by atoms with E-state index < -0.39 is 16.1 Å². The summed E-state index contributed by atoms with van der Waals surface area (Å²) < 4.78 is 30.6. The standard InChI is InChI=1S/C23H21Br2NO2S/c1-17-5-15-22(16-6-17)29(27,28)26-23(19-9-13-21(25)14-10-19)4-2-3-18-7-11-20(24)12-8-18/h2,4-16,23,26H,3H2,1H3/b4-2+. The molecule has 1 N–H and O–H groups in total. The summed E-state index contributed by atoms with van der Waals surface area (Å²) in [5.41, 5.74) is 3.04. The van der Waals surface area contributed by atoms with Crippen LogP contribution in [-0.2, 0) is 16.4 Å². The van der Waals surface area contributed by atoms with Crippen LogP contribution in [-0.4, -0.2) is 8.42 Å². The maximum atomic E-state index is 12.9. The Hall–Kier alpha value is -1.73. The number of aryl methyl sites for hydroxylation is 1. The average Bonchev–Trinajstić information content (AvgIpc) is 2.69. The van der Waals surface area contributed by atoms with Gasteiger partial charge in [0.25, 0.3) is 0 Å². The van der Waals surface area contributed by atoms with Crippen molar-refractivity contribution in [2.45, 2.75) is 24.3 Å². The molecule has 0 aliphatic heterocycles. The summed E-state index contributed by atoms with van der Waals surface area (Å²) in [4.78, 5) is 0.256. The van der Waals surface area contributed by atoms with Crippen molar-refractivity contribution in [3.8, 4) is 0 Å². The Morgan fingerprint density at radius 1 is 0.862 bits per heavy atom. The molecular formula is C23H21Br2NO2S. The summed E-state index contributed by atoms with van der Waals surface area (Å²) >= 11 is 6.86. The van der Waals surface area contributed by atoms with E-state index in [0.29, 0.717) is 6.42 Å². The summed E-state index contributed by atoms with van der Waals surface area (Å²) in [6, 6.07) is 22.1. The van der Waals surface area contributed by atoms with E-state index in [1.165, 1.54) is 0 Å². The van der Waals surface area contributed by atoms with Gasteiger partial charge in [-0.05, 0) is 60.9 Å². The molecule has 3 nitrogen and oxygen atoms in total. The quantitative estimate of drug-likeness (QED) is 0.359. The zero-order valence-electron chi connectivity index (χ0n) is 15.8. The minimum atomic E-state index is -3.65. The van der Waals surface area contributed by atoms with Crippen molar-refractivity contribution in [1.82, 2.24) is 4.72 Å². The van der Waals surface area contributed by atoms with Crippen LogP contribution in [0.15, 0.2) is 98.8 Å². The highest BCUT2D eigenvalue weighted by molar-refractivity contribution is 9.10. The Morgan fingerprint density at radius 3 is 2.00 bits per heavy atom. The second-order valence-corrected chi connectivity index (χ2v) is 10.3. The first-order valence-electron chi connectivity index (χ1n) is 9.09. The molecule has 0 aromatic heterocycles. The molecule has 0 saturated carbocycles. The van der Waals surface area contributed by atoms with Crippen LogP contribution in [0.1, 0.15) is 22.7 Å². The lowest BCUT2D eigenvalue weighted by Gasteiger charge is -2.16. The van der Waals surface area contributed by atoms with Gasteiger partial charge in [0.2, 0.25) is 10.0 Å². The lowest BCUT2D eigenvalue weighted by atomic mass is 10.1. The van der Waals surface area contributed by atoms with E-state index in [1.807, 2.05) is 67.6 Å². The molecule has 1 unspecified atom stereocenters. The van der Waals surface area contributed by atoms with Crippen molar-refractivity contribution in [3.05, 3.63) is 111 Å². The molecular weight excluding hydrogens is 514 g/mol. The van der Waals surface area contributed by atoms with Crippen LogP contribution < -0.4 is 4.72 Å². The molecule has 150 valence electrons. The number of benzene rings is 3. The van der Waals surface area contributed by atoms with Crippen molar-refractivity contribution in [3.63, 3.8) is 0 Å². The first-order chi connectivity index (χ1) is 13.8. The van der Waals surface area contributed by atoms with E-state index in [1.54, 1.807) is 24.3 Å². The van der Waals surface area contributed by atoms with E-state index in [-0.39, 0.29) is 4.90 Å². The summed E-state index contributed by atoms with van der Waals surface area (Å²) in [5, 5.41) is 0. The summed E-state index contributed by atoms with van der Waals surface area (Å²) in [6.07, 6.45) is 4.61. The zero-order chi connectivity index (χ0) is 20.9. The molecule has 0 amide bonds. The number of halogens is 2. The minimum absolute atomic E-state index is 0.256. The maximum absolute atomic E-state index is 12.9. The highest BCUT2D eigenvalue weighted by Gasteiger charge is 2.19. The fourth-order valence-corrected chi connectivity index (χ4v) is 4.51. The number of nitrogens with one attached hydrogen (secondary N) is 1. The lowest BCUT2D eigenvalue weighted by Crippen LogP contribution is -2.27. The molecule has 0 aliphatic rings. The topological polar surface area (TPSA) is 46.2 Å². The number of rotatable bonds is 7. The van der Waals surface area contributed by atoms with Gasteiger partial charge in [0.1, 0.15) is 0 Å². The predicted octanol–water partition coefficient (Wildman–Crippen LogP) is 6.34. The Bertz CT molecular complexity index is 1080. The number of allylic oxidation sites excluding steroid dienone is 1. The van der Waals surface area contributed by atoms with Gasteiger partial charge in [-0.1, -0.05) is 86.0 Å². The molecule has 0 spiro atoms. The van der Waals surface area contributed by atoms with Crippen molar-refractivity contribution in [2.75, 3.05) is 0 Å². The van der Waals surface area contributed by atoms with Gasteiger partial charge in [0, 0.05) is 8.95 Å². The number of hydrogen-bond donors (Lipinski definition) is 1. The second kappa shape index (κ2) is 9.85. The van der Waals surface area contributed by atoms with E-state index >= 15 is 0 Å². The van der Waals surface area contributed by atoms with Crippen LogP contribution in [0.3, 0.4) is 0 Å². The molecule has 0 radical (unpaired) electrons. The van der Waals surface area contributed by atoms with Crippen LogP contribution >= 0.6 is 31.9 Å². The van der Waals surface area contributed by atoms with Crippen molar-refractivity contribution in [1.29, 1.82) is 0 Å². The van der Waals surface area contributed by atoms with Gasteiger partial charge in [-0.2, -0.15) is 4.72 Å². The van der Waals surface area contributed by atoms with E-state index in [2.05, 4.69) is 36.6 Å². The van der Waals surface area contributed by atoms with Crippen molar-refractivity contribution < 1.29 is 8.42 Å². The monoisotopic (exact) mass is 533 g/mol. The van der Waals surface area contributed by atoms with E-state index in [4.69, 9.17) is 0 Å². The fourth-order valence-electron chi connectivity index (χ4n) is 2.80. The van der Waals surface area contributed by atoms with Crippen molar-refractivity contribution in [2.24, 2.45) is 0 Å². The molecule has 0 heterocycles. The Morgan fingerprint density at radius 2 is 1.41 bits per heavy atom. The largest absolute Gasteiger partial charge is 0.241 e. The first kappa shape index (κ1) is 22.0. The second-order valence-electron chi connectivity index (χ2n) is 6.72. The fraction of sp³-hybridized carbons (Fsp3) is 0.130. The smallest absolute Gasteiger partial charge is 0.207 e. The molecule has 0 saturated heterocycles. The Balaban J connectivity index is 1.84. The highest BCUT2D eigenvalue weighted by atomic mass is 79.9. The Labute approximate surface area is 189 Å². The van der Waals surface area contributed by atoms with Crippen LogP contribution in [0.25, 0.3) is 0 Å². The van der Waals surface area contributed by atoms with Crippen LogP contribution in [0.4, 0.5) is 0 Å². The summed E-state index contributed by atoms with van der Waals surface area (Å²) in [7, 11) is -3.65. The third kappa shape index (κ3) is 6.37. The van der Waals surface area contributed by atoms with Gasteiger partial charge in [-0.25, -0.2) is 8.42 Å². The van der Waals surface area contributed by atoms with Crippen LogP contribution in [0.2, 0.25) is 0 Å². The van der Waals surface area contributed by atoms with Gasteiger partial charge >= 0.3 is 0 Å². The predicted molar refractivity (Wildman–Crippen MR) is 125 cm³/mol. The number of sulfonamides is 1. The average molecular weight is 535 g/mol. The normalized spacial score (nSPS) is 12.9. The third-order valence-electron chi connectivity index (χ3n) is 4.44. The SMILES string of the molecule is Cc1ccc(S(=O)(=O)NC(/C=C/Cc2ccc(Br)cc2)c2ccc(Br)cc2)cc1. The molecule has 29 heavy (non-hydrogen) atoms. The highest BCUT2D eigenvalue weighted by Crippen LogP contribution is 2.22. The maximum Gasteiger partial charge on any atom is 0.241 e. The lowest BCUT2D eigenvalue weighted by molar-refractivity contribution is 0.574. The third-order valence-corrected chi connectivity index (χ3v) is 6.95.